The molecule has 0 unspecified atom stereocenters. The number of fused-ring (bicyclic) bond motifs is 4. The second-order valence-corrected chi connectivity index (χ2v) is 21.1. The monoisotopic (exact) mass is 874 g/mol. The fourth-order valence-corrected chi connectivity index (χ4v) is 9.98. The van der Waals surface area contributed by atoms with Crippen molar-refractivity contribution < 1.29 is 9.59 Å². The van der Waals surface area contributed by atoms with Crippen LogP contribution in [-0.2, 0) is 21.7 Å². The van der Waals surface area contributed by atoms with Gasteiger partial charge in [0, 0.05) is 33.1 Å². The number of aromatic amines is 2. The maximum Gasteiger partial charge on any atom is 0.272 e. The van der Waals surface area contributed by atoms with E-state index in [0.717, 1.165) is 33.1 Å². The molecule has 0 aliphatic heterocycles. The Labute approximate surface area is 388 Å². The van der Waals surface area contributed by atoms with E-state index in [1.165, 1.54) is 59.1 Å². The molecule has 8 aromatic rings. The van der Waals surface area contributed by atoms with E-state index in [0.29, 0.717) is 34.0 Å². The topological polar surface area (TPSA) is 142 Å². The average molecular weight is 875 g/mol. The molecule has 2 heterocycles. The molecule has 10 rings (SSSR count). The Kier molecular flexibility index (Phi) is 11.0. The summed E-state index contributed by atoms with van der Waals surface area (Å²) in [6, 6.07) is 44.5. The summed E-state index contributed by atoms with van der Waals surface area (Å²) in [4.78, 5) is 32.4. The molecule has 0 spiro atoms. The Bertz CT molecular complexity index is 3040. The molecule has 8 nitrogen and oxygen atoms in total. The minimum absolute atomic E-state index is 0.164. The minimum Gasteiger partial charge on any atom is -0.397 e. The van der Waals surface area contributed by atoms with Crippen molar-refractivity contribution in [3.8, 4) is 22.4 Å². The van der Waals surface area contributed by atoms with Crippen LogP contribution < -0.4 is 22.1 Å². The van der Waals surface area contributed by atoms with E-state index in [4.69, 9.17) is 11.5 Å². The largest absolute Gasteiger partial charge is 0.397 e. The van der Waals surface area contributed by atoms with Gasteiger partial charge < -0.3 is 32.1 Å². The third-order valence-corrected chi connectivity index (χ3v) is 14.5. The summed E-state index contributed by atoms with van der Waals surface area (Å²) in [5, 5.41) is 7.88. The number of nitrogens with one attached hydrogen (secondary N) is 4. The summed E-state index contributed by atoms with van der Waals surface area (Å²) >= 11 is 0. The van der Waals surface area contributed by atoms with Crippen LogP contribution in [0.5, 0.6) is 0 Å². The number of anilines is 4. The van der Waals surface area contributed by atoms with Crippen LogP contribution in [0.1, 0.15) is 124 Å². The maximum absolute atomic E-state index is 12.8. The molecule has 0 saturated heterocycles. The highest BCUT2D eigenvalue weighted by Crippen LogP contribution is 2.48. The van der Waals surface area contributed by atoms with Gasteiger partial charge >= 0.3 is 0 Å². The number of hydrogen-bond acceptors (Lipinski definition) is 4. The number of aromatic nitrogens is 2. The number of rotatable bonds is 6. The van der Waals surface area contributed by atoms with Crippen molar-refractivity contribution in [2.45, 2.75) is 103 Å². The standard InChI is InChI=1S/2C29H31N3O/c1-28(2)13-14-29(3,4)22-15-18(11-12-21(22)28)25-16-19-9-10-20(17-26(19)31-25)27(33)32-24-8-6-5-7-23(24)30;1-28(2)13-14-29(3,4)22-15-18(11-12-21(22)28)19-9-10-20-17-26(31-25(20)16-19)27(33)32-24-8-6-5-7-23(24)30/h2*5-12,15-17,31H,13-14,30H2,1-4H3,(H,32,33). The van der Waals surface area contributed by atoms with Crippen molar-refractivity contribution in [3.63, 3.8) is 0 Å². The zero-order valence-electron chi connectivity index (χ0n) is 39.5. The minimum atomic E-state index is -0.205. The number of para-hydroxylation sites is 4. The summed E-state index contributed by atoms with van der Waals surface area (Å²) in [6.45, 7) is 18.8. The van der Waals surface area contributed by atoms with Gasteiger partial charge in [-0.2, -0.15) is 0 Å². The molecular weight excluding hydrogens is 813 g/mol. The molecule has 0 saturated carbocycles. The van der Waals surface area contributed by atoms with Crippen LogP contribution in [0.4, 0.5) is 22.7 Å². The highest BCUT2D eigenvalue weighted by atomic mass is 16.2. The highest BCUT2D eigenvalue weighted by Gasteiger charge is 2.38. The lowest BCUT2D eigenvalue weighted by Crippen LogP contribution is -2.33. The Balaban J connectivity index is 0.000000166. The number of carbonyl (C=O) groups excluding carboxylic acids is 2. The van der Waals surface area contributed by atoms with Gasteiger partial charge in [-0.3, -0.25) is 9.59 Å². The molecule has 0 radical (unpaired) electrons. The first-order valence-corrected chi connectivity index (χ1v) is 23.2. The molecular formula is C58H62N6O2. The third-order valence-electron chi connectivity index (χ3n) is 14.5. The molecule has 336 valence electrons. The van der Waals surface area contributed by atoms with Gasteiger partial charge in [0.15, 0.2) is 0 Å². The van der Waals surface area contributed by atoms with E-state index < -0.39 is 0 Å². The number of carbonyl (C=O) groups is 2. The Morgan fingerprint density at radius 1 is 0.455 bits per heavy atom. The molecule has 8 N–H and O–H groups in total. The fraction of sp³-hybridized carbons (Fsp3) is 0.276. The number of H-pyrrole nitrogens is 2. The molecule has 6 aromatic carbocycles. The quantitative estimate of drug-likeness (QED) is 0.0925. The highest BCUT2D eigenvalue weighted by molar-refractivity contribution is 6.08. The molecule has 2 aliphatic rings. The van der Waals surface area contributed by atoms with Crippen LogP contribution >= 0.6 is 0 Å². The lowest BCUT2D eigenvalue weighted by molar-refractivity contribution is 0.101. The lowest BCUT2D eigenvalue weighted by Gasteiger charge is -2.42. The summed E-state index contributed by atoms with van der Waals surface area (Å²) in [5.74, 6) is -0.382. The smallest absolute Gasteiger partial charge is 0.272 e. The van der Waals surface area contributed by atoms with Crippen LogP contribution in [0.25, 0.3) is 44.2 Å². The van der Waals surface area contributed by atoms with Gasteiger partial charge in [0.2, 0.25) is 0 Å². The van der Waals surface area contributed by atoms with Crippen LogP contribution in [0, 0.1) is 0 Å². The summed E-state index contributed by atoms with van der Waals surface area (Å²) < 4.78 is 0. The van der Waals surface area contributed by atoms with Crippen molar-refractivity contribution in [3.05, 3.63) is 167 Å². The van der Waals surface area contributed by atoms with E-state index in [1.54, 1.807) is 24.3 Å². The lowest BCUT2D eigenvalue weighted by atomic mass is 9.63. The summed E-state index contributed by atoms with van der Waals surface area (Å²) in [5.41, 5.74) is 28.4. The van der Waals surface area contributed by atoms with Gasteiger partial charge in [0.1, 0.15) is 5.69 Å². The molecule has 0 atom stereocenters. The predicted octanol–water partition coefficient (Wildman–Crippen LogP) is 14.0. The summed E-state index contributed by atoms with van der Waals surface area (Å²) in [6.07, 6.45) is 4.79. The third kappa shape index (κ3) is 8.48. The van der Waals surface area contributed by atoms with Crippen LogP contribution in [-0.4, -0.2) is 21.8 Å². The summed E-state index contributed by atoms with van der Waals surface area (Å²) in [7, 11) is 0. The van der Waals surface area contributed by atoms with Crippen molar-refractivity contribution in [1.82, 2.24) is 9.97 Å². The first kappa shape index (κ1) is 44.2. The Morgan fingerprint density at radius 2 is 0.909 bits per heavy atom. The second kappa shape index (κ2) is 16.4. The number of nitrogen functional groups attached to an aromatic ring is 2. The molecule has 2 aromatic heterocycles. The Morgan fingerprint density at radius 3 is 1.50 bits per heavy atom. The average Bonchev–Trinajstić information content (AvgIpc) is 3.93. The zero-order valence-corrected chi connectivity index (χ0v) is 39.5. The van der Waals surface area contributed by atoms with E-state index >= 15 is 0 Å². The van der Waals surface area contributed by atoms with E-state index in [1.807, 2.05) is 48.5 Å². The molecule has 0 bridgehead atoms. The van der Waals surface area contributed by atoms with Crippen molar-refractivity contribution >= 4 is 56.4 Å². The van der Waals surface area contributed by atoms with Crippen molar-refractivity contribution in [1.29, 1.82) is 0 Å². The molecule has 2 amide bonds. The zero-order chi connectivity index (χ0) is 46.8. The predicted molar refractivity (Wildman–Crippen MR) is 276 cm³/mol. The maximum atomic E-state index is 12.8. The molecule has 0 fully saturated rings. The second-order valence-electron chi connectivity index (χ2n) is 21.1. The van der Waals surface area contributed by atoms with Crippen molar-refractivity contribution in [2.24, 2.45) is 0 Å². The first-order valence-electron chi connectivity index (χ1n) is 23.2. The van der Waals surface area contributed by atoms with Crippen LogP contribution in [0.2, 0.25) is 0 Å². The van der Waals surface area contributed by atoms with Gasteiger partial charge in [0.25, 0.3) is 11.8 Å². The van der Waals surface area contributed by atoms with Gasteiger partial charge in [0.05, 0.1) is 22.7 Å². The van der Waals surface area contributed by atoms with Gasteiger partial charge in [-0.05, 0) is 147 Å². The van der Waals surface area contributed by atoms with Crippen LogP contribution in [0.15, 0.2) is 133 Å². The number of benzene rings is 6. The van der Waals surface area contributed by atoms with E-state index in [9.17, 15) is 9.59 Å². The molecule has 66 heavy (non-hydrogen) atoms. The van der Waals surface area contributed by atoms with E-state index in [-0.39, 0.29) is 33.5 Å². The van der Waals surface area contributed by atoms with Crippen LogP contribution in [0.3, 0.4) is 0 Å². The Hall–Kier alpha value is -7.06. The van der Waals surface area contributed by atoms with Gasteiger partial charge in [-0.15, -0.1) is 0 Å². The van der Waals surface area contributed by atoms with E-state index in [2.05, 4.69) is 137 Å². The van der Waals surface area contributed by atoms with Gasteiger partial charge in [-0.25, -0.2) is 0 Å². The SMILES string of the molecule is CC1(C)CCC(C)(C)c2cc(-c3cc4ccc(C(=O)Nc5ccccc5N)cc4[nH]3)ccc21.CC1(C)CCC(C)(C)c2cc(-c3ccc4cc(C(=O)Nc5ccccc5N)[nH]c4c3)ccc21. The fourth-order valence-electron chi connectivity index (χ4n) is 9.98. The normalized spacial score (nSPS) is 16.4. The number of amides is 2. The number of hydrogen-bond donors (Lipinski definition) is 6. The van der Waals surface area contributed by atoms with Crippen molar-refractivity contribution in [2.75, 3.05) is 22.1 Å². The number of nitrogens with two attached hydrogens (primary N) is 2. The molecule has 2 aliphatic carbocycles. The molecule has 8 heteroatoms. The first-order chi connectivity index (χ1) is 31.3. The van der Waals surface area contributed by atoms with Gasteiger partial charge in [-0.1, -0.05) is 128 Å².